The van der Waals surface area contributed by atoms with Crippen LogP contribution in [0.15, 0.2) is 83.8 Å². The Morgan fingerprint density at radius 2 is 1.50 bits per heavy atom. The van der Waals surface area contributed by atoms with E-state index in [9.17, 15) is 18.0 Å². The van der Waals surface area contributed by atoms with E-state index in [0.29, 0.717) is 12.1 Å². The van der Waals surface area contributed by atoms with Crippen LogP contribution >= 0.6 is 0 Å². The van der Waals surface area contributed by atoms with Crippen LogP contribution in [0.1, 0.15) is 43.9 Å². The number of hydrogen-bond donors (Lipinski definition) is 1. The molecule has 7 nitrogen and oxygen atoms in total. The molecule has 3 rings (SSSR count). The summed E-state index contributed by atoms with van der Waals surface area (Å²) in [4.78, 5) is 28.8. The summed E-state index contributed by atoms with van der Waals surface area (Å²) in [5.74, 6) is -0.726. The van der Waals surface area contributed by atoms with Gasteiger partial charge in [0.05, 0.1) is 10.6 Å². The number of amides is 2. The summed E-state index contributed by atoms with van der Waals surface area (Å²) in [7, 11) is -4.08. The van der Waals surface area contributed by atoms with E-state index in [1.165, 1.54) is 17.0 Å². The van der Waals surface area contributed by atoms with Crippen molar-refractivity contribution in [2.45, 2.75) is 64.6 Å². The maximum atomic E-state index is 14.0. The lowest BCUT2D eigenvalue weighted by Crippen LogP contribution is -2.53. The van der Waals surface area contributed by atoms with Gasteiger partial charge in [0.25, 0.3) is 10.0 Å². The first kappa shape index (κ1) is 28.9. The normalized spacial score (nSPS) is 12.2. The van der Waals surface area contributed by atoms with E-state index in [1.54, 1.807) is 24.3 Å². The highest BCUT2D eigenvalue weighted by molar-refractivity contribution is 7.92. The highest BCUT2D eigenvalue weighted by Crippen LogP contribution is 2.28. The molecule has 0 saturated carbocycles. The quantitative estimate of drug-likeness (QED) is 0.381. The van der Waals surface area contributed by atoms with Gasteiger partial charge >= 0.3 is 0 Å². The van der Waals surface area contributed by atoms with Crippen molar-refractivity contribution >= 4 is 27.5 Å². The predicted molar refractivity (Wildman–Crippen MR) is 151 cm³/mol. The first-order valence-corrected chi connectivity index (χ1v) is 14.3. The summed E-state index contributed by atoms with van der Waals surface area (Å²) in [6, 6.07) is 22.1. The van der Waals surface area contributed by atoms with Gasteiger partial charge in [0.1, 0.15) is 12.6 Å². The third-order valence-electron chi connectivity index (χ3n) is 6.26. The van der Waals surface area contributed by atoms with Crippen LogP contribution in [0.5, 0.6) is 0 Å². The highest BCUT2D eigenvalue weighted by atomic mass is 32.2. The number of nitrogens with zero attached hydrogens (tertiary/aromatic N) is 2. The molecule has 0 saturated heterocycles. The van der Waals surface area contributed by atoms with E-state index in [4.69, 9.17) is 0 Å². The molecule has 0 heterocycles. The minimum Gasteiger partial charge on any atom is -0.352 e. The van der Waals surface area contributed by atoms with Crippen molar-refractivity contribution in [2.24, 2.45) is 0 Å². The van der Waals surface area contributed by atoms with Crippen molar-refractivity contribution < 1.29 is 18.0 Å². The fraction of sp³-hybridized carbons (Fsp3) is 0.333. The Hall–Kier alpha value is -3.65. The number of carbonyl (C=O) groups is 2. The van der Waals surface area contributed by atoms with Gasteiger partial charge in [0.2, 0.25) is 11.8 Å². The maximum absolute atomic E-state index is 14.0. The van der Waals surface area contributed by atoms with Crippen LogP contribution in [0, 0.1) is 13.8 Å². The Kier molecular flexibility index (Phi) is 9.69. The maximum Gasteiger partial charge on any atom is 0.264 e. The van der Waals surface area contributed by atoms with Gasteiger partial charge in [0.15, 0.2) is 0 Å². The number of anilines is 1. The second kappa shape index (κ2) is 12.7. The van der Waals surface area contributed by atoms with Crippen molar-refractivity contribution in [3.63, 3.8) is 0 Å². The predicted octanol–water partition coefficient (Wildman–Crippen LogP) is 4.83. The molecule has 0 aliphatic carbocycles. The van der Waals surface area contributed by atoms with Crippen LogP contribution in [-0.4, -0.2) is 43.8 Å². The average molecular weight is 536 g/mol. The third-order valence-corrected chi connectivity index (χ3v) is 8.03. The molecule has 202 valence electrons. The van der Waals surface area contributed by atoms with Crippen LogP contribution in [0.25, 0.3) is 0 Å². The second-order valence-electron chi connectivity index (χ2n) is 9.71. The Morgan fingerprint density at radius 1 is 0.895 bits per heavy atom. The molecule has 0 aliphatic heterocycles. The van der Waals surface area contributed by atoms with Crippen molar-refractivity contribution in [1.82, 2.24) is 10.2 Å². The van der Waals surface area contributed by atoms with Gasteiger partial charge in [-0.05, 0) is 69.0 Å². The summed E-state index contributed by atoms with van der Waals surface area (Å²) in [5, 5.41) is 2.91. The Labute approximate surface area is 226 Å². The molecule has 0 bridgehead atoms. The summed E-state index contributed by atoms with van der Waals surface area (Å²) in [5.41, 5.74) is 2.87. The minimum absolute atomic E-state index is 0.0907. The summed E-state index contributed by atoms with van der Waals surface area (Å²) < 4.78 is 29.0. The molecule has 3 aromatic rings. The van der Waals surface area contributed by atoms with E-state index >= 15 is 0 Å². The molecule has 0 aliphatic rings. The number of sulfonamides is 1. The number of nitrogens with one attached hydrogen (secondary N) is 1. The molecule has 0 radical (unpaired) electrons. The zero-order valence-corrected chi connectivity index (χ0v) is 23.5. The minimum atomic E-state index is -4.08. The molecular formula is C30H37N3O4S. The van der Waals surface area contributed by atoms with Crippen molar-refractivity contribution in [3.05, 3.63) is 95.6 Å². The molecule has 0 fully saturated rings. The van der Waals surface area contributed by atoms with Crippen LogP contribution in [0.3, 0.4) is 0 Å². The Balaban J connectivity index is 2.08. The smallest absolute Gasteiger partial charge is 0.264 e. The molecule has 2 amide bonds. The molecule has 1 unspecified atom stereocenters. The lowest BCUT2D eigenvalue weighted by atomic mass is 10.1. The van der Waals surface area contributed by atoms with Crippen molar-refractivity contribution in [1.29, 1.82) is 0 Å². The molecule has 38 heavy (non-hydrogen) atoms. The largest absolute Gasteiger partial charge is 0.352 e. The van der Waals surface area contributed by atoms with E-state index in [2.05, 4.69) is 5.32 Å². The van der Waals surface area contributed by atoms with Crippen LogP contribution < -0.4 is 9.62 Å². The van der Waals surface area contributed by atoms with Crippen molar-refractivity contribution in [2.75, 3.05) is 10.8 Å². The highest BCUT2D eigenvalue weighted by Gasteiger charge is 2.34. The number of carbonyl (C=O) groups excluding carboxylic acids is 2. The van der Waals surface area contributed by atoms with E-state index in [-0.39, 0.29) is 23.4 Å². The van der Waals surface area contributed by atoms with E-state index in [1.807, 2.05) is 77.1 Å². The molecule has 1 N–H and O–H groups in total. The summed E-state index contributed by atoms with van der Waals surface area (Å²) >= 11 is 0. The van der Waals surface area contributed by atoms with E-state index in [0.717, 1.165) is 21.0 Å². The third kappa shape index (κ3) is 7.01. The fourth-order valence-electron chi connectivity index (χ4n) is 4.30. The summed E-state index contributed by atoms with van der Waals surface area (Å²) in [6.45, 7) is 9.00. The molecule has 1 atom stereocenters. The van der Waals surface area contributed by atoms with Gasteiger partial charge in [-0.25, -0.2) is 8.42 Å². The molecular weight excluding hydrogens is 498 g/mol. The topological polar surface area (TPSA) is 86.8 Å². The van der Waals surface area contributed by atoms with E-state index < -0.39 is 28.5 Å². The monoisotopic (exact) mass is 535 g/mol. The number of benzene rings is 3. The van der Waals surface area contributed by atoms with Gasteiger partial charge in [-0.15, -0.1) is 0 Å². The zero-order chi connectivity index (χ0) is 27.9. The van der Waals surface area contributed by atoms with Gasteiger partial charge < -0.3 is 10.2 Å². The first-order chi connectivity index (χ1) is 18.0. The fourth-order valence-corrected chi connectivity index (χ4v) is 5.79. The van der Waals surface area contributed by atoms with Gasteiger partial charge in [-0.1, -0.05) is 67.6 Å². The molecule has 0 spiro atoms. The standard InChI is InChI=1S/C30H37N3O4S/c1-6-27(30(35)31-22(2)3)32(20-25-13-9-7-10-14-25)29(34)21-33(28-19-23(4)17-18-24(28)5)38(36,37)26-15-11-8-12-16-26/h7-19,22,27H,6,20-21H2,1-5H3,(H,31,35). The molecule has 8 heteroatoms. The van der Waals surface area contributed by atoms with Crippen molar-refractivity contribution in [3.8, 4) is 0 Å². The first-order valence-electron chi connectivity index (χ1n) is 12.8. The Bertz CT molecular complexity index is 1340. The number of hydrogen-bond acceptors (Lipinski definition) is 4. The average Bonchev–Trinajstić information content (AvgIpc) is 2.89. The molecule has 3 aromatic carbocycles. The molecule has 0 aromatic heterocycles. The van der Waals surface area contributed by atoms with Gasteiger partial charge in [-0.2, -0.15) is 0 Å². The second-order valence-corrected chi connectivity index (χ2v) is 11.6. The zero-order valence-electron chi connectivity index (χ0n) is 22.7. The van der Waals surface area contributed by atoms with Gasteiger partial charge in [-0.3, -0.25) is 13.9 Å². The lowest BCUT2D eigenvalue weighted by Gasteiger charge is -2.34. The van der Waals surface area contributed by atoms with Crippen LogP contribution in [0.4, 0.5) is 5.69 Å². The lowest BCUT2D eigenvalue weighted by molar-refractivity contribution is -0.140. The Morgan fingerprint density at radius 3 is 2.08 bits per heavy atom. The van der Waals surface area contributed by atoms with Crippen LogP contribution in [0.2, 0.25) is 0 Å². The summed E-state index contributed by atoms with van der Waals surface area (Å²) in [6.07, 6.45) is 0.381. The number of aryl methyl sites for hydroxylation is 2. The number of rotatable bonds is 11. The van der Waals surface area contributed by atoms with Gasteiger partial charge in [0, 0.05) is 12.6 Å². The SMILES string of the molecule is CCC(C(=O)NC(C)C)N(Cc1ccccc1)C(=O)CN(c1cc(C)ccc1C)S(=O)(=O)c1ccccc1. The van der Waals surface area contributed by atoms with Crippen LogP contribution in [-0.2, 0) is 26.2 Å².